The predicted octanol–water partition coefficient (Wildman–Crippen LogP) is 2.90. The van der Waals surface area contributed by atoms with Crippen LogP contribution in [0.25, 0.3) is 5.69 Å². The summed E-state index contributed by atoms with van der Waals surface area (Å²) in [6.45, 7) is 12.7. The van der Waals surface area contributed by atoms with Gasteiger partial charge in [0.1, 0.15) is 0 Å². The highest BCUT2D eigenvalue weighted by molar-refractivity contribution is 14.0. The first-order chi connectivity index (χ1) is 14.1. The van der Waals surface area contributed by atoms with Crippen molar-refractivity contribution < 1.29 is 4.74 Å². The van der Waals surface area contributed by atoms with Crippen LogP contribution < -0.4 is 10.6 Å². The average Bonchev–Trinajstić information content (AvgIpc) is 3.25. The molecule has 0 amide bonds. The molecule has 1 aliphatic rings. The molecule has 1 saturated heterocycles. The first-order valence-electron chi connectivity index (χ1n) is 10.6. The van der Waals surface area contributed by atoms with Crippen molar-refractivity contribution in [3.8, 4) is 5.69 Å². The standard InChI is InChI=1S/C22H34N6O.HI/c1-4-23-22(25-15-21-17-27(11-12-29-21)16-18(2)3)24-14-19-7-5-8-20(13-19)28-10-6-9-26-28;/h5-10,13,18,21H,4,11-12,14-17H2,1-3H3,(H2,23,24,25);1H. The van der Waals surface area contributed by atoms with E-state index in [0.29, 0.717) is 12.5 Å². The fourth-order valence-electron chi connectivity index (χ4n) is 3.53. The van der Waals surface area contributed by atoms with E-state index in [1.165, 1.54) is 0 Å². The van der Waals surface area contributed by atoms with Crippen LogP contribution in [0.5, 0.6) is 0 Å². The third-order valence-corrected chi connectivity index (χ3v) is 4.79. The van der Waals surface area contributed by atoms with Gasteiger partial charge in [-0.1, -0.05) is 26.0 Å². The maximum atomic E-state index is 5.94. The second-order valence-electron chi connectivity index (χ2n) is 7.84. The third-order valence-electron chi connectivity index (χ3n) is 4.79. The molecule has 0 saturated carbocycles. The summed E-state index contributed by atoms with van der Waals surface area (Å²) in [5.74, 6) is 1.50. The lowest BCUT2D eigenvalue weighted by molar-refractivity contribution is -0.0284. The zero-order chi connectivity index (χ0) is 20.5. The predicted molar refractivity (Wildman–Crippen MR) is 133 cm³/mol. The number of benzene rings is 1. The Balaban J connectivity index is 0.00000320. The highest BCUT2D eigenvalue weighted by Crippen LogP contribution is 2.11. The average molecular weight is 526 g/mol. The van der Waals surface area contributed by atoms with Gasteiger partial charge in [0.05, 0.1) is 24.9 Å². The highest BCUT2D eigenvalue weighted by atomic mass is 127. The van der Waals surface area contributed by atoms with Gasteiger partial charge in [-0.3, -0.25) is 4.90 Å². The zero-order valence-electron chi connectivity index (χ0n) is 18.3. The second-order valence-corrected chi connectivity index (χ2v) is 7.84. The van der Waals surface area contributed by atoms with Crippen LogP contribution in [-0.2, 0) is 11.3 Å². The minimum absolute atomic E-state index is 0. The number of nitrogens with one attached hydrogen (secondary N) is 2. The number of guanidine groups is 1. The van der Waals surface area contributed by atoms with Gasteiger partial charge in [-0.25, -0.2) is 9.67 Å². The fourth-order valence-corrected chi connectivity index (χ4v) is 3.53. The summed E-state index contributed by atoms with van der Waals surface area (Å²) >= 11 is 0. The van der Waals surface area contributed by atoms with E-state index in [1.54, 1.807) is 6.20 Å². The van der Waals surface area contributed by atoms with Gasteiger partial charge in [0, 0.05) is 45.1 Å². The molecule has 1 fully saturated rings. The summed E-state index contributed by atoms with van der Waals surface area (Å²) in [7, 11) is 0. The van der Waals surface area contributed by atoms with Crippen LogP contribution in [0.4, 0.5) is 0 Å². The van der Waals surface area contributed by atoms with Crippen molar-refractivity contribution in [2.75, 3.05) is 39.3 Å². The second kappa shape index (κ2) is 12.9. The molecule has 8 heteroatoms. The largest absolute Gasteiger partial charge is 0.374 e. The van der Waals surface area contributed by atoms with Crippen LogP contribution in [-0.4, -0.2) is 66.1 Å². The van der Waals surface area contributed by atoms with Gasteiger partial charge in [-0.15, -0.1) is 24.0 Å². The SMILES string of the molecule is CCNC(=NCc1cccc(-n2cccn2)c1)NCC1CN(CC(C)C)CCO1.I. The molecule has 166 valence electrons. The topological polar surface area (TPSA) is 66.7 Å². The van der Waals surface area contributed by atoms with Crippen molar-refractivity contribution >= 4 is 29.9 Å². The third kappa shape index (κ3) is 7.88. The minimum atomic E-state index is 0. The minimum Gasteiger partial charge on any atom is -0.374 e. The van der Waals surface area contributed by atoms with Crippen molar-refractivity contribution in [3.05, 3.63) is 48.3 Å². The number of hydrogen-bond donors (Lipinski definition) is 2. The molecule has 2 heterocycles. The summed E-state index contributed by atoms with van der Waals surface area (Å²) in [5, 5.41) is 11.1. The Labute approximate surface area is 197 Å². The lowest BCUT2D eigenvalue weighted by atomic mass is 10.2. The van der Waals surface area contributed by atoms with E-state index in [4.69, 9.17) is 9.73 Å². The normalized spacial score (nSPS) is 17.6. The van der Waals surface area contributed by atoms with Gasteiger partial charge in [0.2, 0.25) is 0 Å². The van der Waals surface area contributed by atoms with Gasteiger partial charge >= 0.3 is 0 Å². The van der Waals surface area contributed by atoms with Gasteiger partial charge in [-0.2, -0.15) is 5.10 Å². The molecule has 0 radical (unpaired) electrons. The summed E-state index contributed by atoms with van der Waals surface area (Å²) in [6, 6.07) is 10.2. The first-order valence-corrected chi connectivity index (χ1v) is 10.6. The van der Waals surface area contributed by atoms with Gasteiger partial charge in [0.25, 0.3) is 0 Å². The Morgan fingerprint density at radius 3 is 2.90 bits per heavy atom. The molecule has 1 unspecified atom stereocenters. The maximum Gasteiger partial charge on any atom is 0.191 e. The molecule has 3 rings (SSSR count). The van der Waals surface area contributed by atoms with E-state index in [1.807, 2.05) is 29.1 Å². The Bertz CT molecular complexity index is 765. The monoisotopic (exact) mass is 526 g/mol. The number of rotatable bonds is 8. The molecular formula is C22H35IN6O. The van der Waals surface area contributed by atoms with E-state index < -0.39 is 0 Å². The Morgan fingerprint density at radius 2 is 2.17 bits per heavy atom. The van der Waals surface area contributed by atoms with E-state index >= 15 is 0 Å². The molecule has 0 aliphatic carbocycles. The number of hydrogen-bond acceptors (Lipinski definition) is 4. The molecular weight excluding hydrogens is 491 g/mol. The molecule has 2 aromatic rings. The van der Waals surface area contributed by atoms with Crippen LogP contribution in [0.15, 0.2) is 47.7 Å². The van der Waals surface area contributed by atoms with Crippen molar-refractivity contribution in [3.63, 3.8) is 0 Å². The van der Waals surface area contributed by atoms with E-state index in [2.05, 4.69) is 53.5 Å². The number of nitrogens with zero attached hydrogens (tertiary/aromatic N) is 4. The lowest BCUT2D eigenvalue weighted by Gasteiger charge is -2.34. The lowest BCUT2D eigenvalue weighted by Crippen LogP contribution is -2.50. The number of morpholine rings is 1. The van der Waals surface area contributed by atoms with Gasteiger partial charge in [0.15, 0.2) is 5.96 Å². The molecule has 1 aromatic heterocycles. The Kier molecular flexibility index (Phi) is 10.6. The number of aromatic nitrogens is 2. The molecule has 30 heavy (non-hydrogen) atoms. The van der Waals surface area contributed by atoms with E-state index in [-0.39, 0.29) is 30.1 Å². The van der Waals surface area contributed by atoms with Crippen LogP contribution in [0, 0.1) is 5.92 Å². The van der Waals surface area contributed by atoms with E-state index in [9.17, 15) is 0 Å². The van der Waals surface area contributed by atoms with Crippen LogP contribution >= 0.6 is 24.0 Å². The fraction of sp³-hybridized carbons (Fsp3) is 0.545. The Hall–Kier alpha value is -1.65. The van der Waals surface area contributed by atoms with Gasteiger partial charge in [-0.05, 0) is 36.6 Å². The van der Waals surface area contributed by atoms with Crippen LogP contribution in [0.3, 0.4) is 0 Å². The molecule has 1 atom stereocenters. The summed E-state index contributed by atoms with van der Waals surface area (Å²) in [6.07, 6.45) is 3.92. The molecule has 2 N–H and O–H groups in total. The number of halogens is 1. The van der Waals surface area contributed by atoms with Crippen molar-refractivity contribution in [1.29, 1.82) is 0 Å². The first kappa shape index (κ1) is 24.6. The molecule has 0 spiro atoms. The summed E-state index contributed by atoms with van der Waals surface area (Å²) in [4.78, 5) is 7.24. The number of ether oxygens (including phenoxy) is 1. The molecule has 7 nitrogen and oxygen atoms in total. The van der Waals surface area contributed by atoms with Crippen molar-refractivity contribution in [1.82, 2.24) is 25.3 Å². The van der Waals surface area contributed by atoms with Crippen molar-refractivity contribution in [2.45, 2.75) is 33.4 Å². The maximum absolute atomic E-state index is 5.94. The van der Waals surface area contributed by atoms with Crippen LogP contribution in [0.1, 0.15) is 26.3 Å². The summed E-state index contributed by atoms with van der Waals surface area (Å²) in [5.41, 5.74) is 2.19. The molecule has 1 aliphatic heterocycles. The molecule has 0 bridgehead atoms. The highest BCUT2D eigenvalue weighted by Gasteiger charge is 2.21. The van der Waals surface area contributed by atoms with Crippen molar-refractivity contribution in [2.24, 2.45) is 10.9 Å². The van der Waals surface area contributed by atoms with Gasteiger partial charge < -0.3 is 15.4 Å². The smallest absolute Gasteiger partial charge is 0.191 e. The van der Waals surface area contributed by atoms with E-state index in [0.717, 1.165) is 56.5 Å². The molecule has 1 aromatic carbocycles. The quantitative estimate of drug-likeness (QED) is 0.315. The Morgan fingerprint density at radius 1 is 1.30 bits per heavy atom. The van der Waals surface area contributed by atoms with Crippen LogP contribution in [0.2, 0.25) is 0 Å². The number of aliphatic imine (C=N–C) groups is 1. The summed E-state index contributed by atoms with van der Waals surface area (Å²) < 4.78 is 7.80. The zero-order valence-corrected chi connectivity index (χ0v) is 20.6.